The molecule has 0 atom stereocenters. The van der Waals surface area contributed by atoms with Crippen LogP contribution in [-0.4, -0.2) is 16.8 Å². The van der Waals surface area contributed by atoms with Gasteiger partial charge < -0.3 is 9.78 Å². The lowest BCUT2D eigenvalue weighted by Crippen LogP contribution is -1.96. The van der Waals surface area contributed by atoms with Crippen molar-refractivity contribution < 1.29 is 35.3 Å². The van der Waals surface area contributed by atoms with E-state index < -0.39 is 18.7 Å². The Kier molecular flexibility index (Phi) is 5.48. The largest absolute Gasteiger partial charge is 0.390 e. The van der Waals surface area contributed by atoms with Gasteiger partial charge in [-0.15, -0.1) is 0 Å². The summed E-state index contributed by atoms with van der Waals surface area (Å²) in [6.45, 7) is 0. The van der Waals surface area contributed by atoms with Crippen LogP contribution in [0.3, 0.4) is 0 Å². The molecule has 0 rings (SSSR count). The van der Waals surface area contributed by atoms with E-state index in [1.165, 1.54) is 0 Å². The molecule has 0 aliphatic rings. The summed E-state index contributed by atoms with van der Waals surface area (Å²) < 4.78 is 47.1. The van der Waals surface area contributed by atoms with Gasteiger partial charge >= 0.3 is 18.7 Å². The molecule has 0 heterocycles. The fourth-order valence-corrected chi connectivity index (χ4v) is 0.641. The molecule has 14 heavy (non-hydrogen) atoms. The second-order valence-corrected chi connectivity index (χ2v) is 5.50. The summed E-state index contributed by atoms with van der Waals surface area (Å²) in [5, 5.41) is 0. The Hall–Kier alpha value is -0.260. The minimum Gasteiger partial charge on any atom is -0.325 e. The Bertz CT molecular complexity index is 342. The summed E-state index contributed by atoms with van der Waals surface area (Å²) in [5.41, 5.74) is 0. The average Bonchev–Trinajstić information content (AvgIpc) is 1.92. The molecule has 0 aliphatic carbocycles. The van der Waals surface area contributed by atoms with Crippen LogP contribution in [0.4, 0.5) is 0 Å². The van der Waals surface area contributed by atoms with Crippen molar-refractivity contribution in [2.75, 3.05) is 0 Å². The molecule has 0 aromatic rings. The quantitative estimate of drug-likeness (QED) is 0.298. The summed E-state index contributed by atoms with van der Waals surface area (Å²) >= 11 is 0. The predicted octanol–water partition coefficient (Wildman–Crippen LogP) is 0.321. The van der Waals surface area contributed by atoms with Gasteiger partial charge in [-0.1, -0.05) is 0 Å². The summed E-state index contributed by atoms with van der Waals surface area (Å²) in [7, 11) is 0.478. The molecule has 0 fully saturated rings. The SMILES string of the molecule is O=S(=O)(Cl)OO/C=C/OOS(=O)(=O)Cl. The van der Waals surface area contributed by atoms with Crippen LogP contribution in [0.2, 0.25) is 0 Å². The van der Waals surface area contributed by atoms with Gasteiger partial charge in [0.2, 0.25) is 0 Å². The molecular formula is C2H2Cl2O8S2. The van der Waals surface area contributed by atoms with Gasteiger partial charge in [-0.05, 0) is 8.67 Å². The highest BCUT2D eigenvalue weighted by Crippen LogP contribution is 2.01. The molecule has 0 radical (unpaired) electrons. The van der Waals surface area contributed by atoms with E-state index in [1.807, 2.05) is 0 Å². The van der Waals surface area contributed by atoms with E-state index in [1.54, 1.807) is 0 Å². The summed E-state index contributed by atoms with van der Waals surface area (Å²) in [4.78, 5) is 7.54. The number of rotatable bonds is 6. The van der Waals surface area contributed by atoms with Crippen molar-refractivity contribution >= 4 is 40.0 Å². The van der Waals surface area contributed by atoms with Crippen molar-refractivity contribution in [3.63, 3.8) is 0 Å². The second-order valence-electron chi connectivity index (χ2n) is 1.39. The number of hydrogen-bond donors (Lipinski definition) is 0. The Labute approximate surface area is 88.0 Å². The summed E-state index contributed by atoms with van der Waals surface area (Å²) in [5.74, 6) is 0. The molecule has 0 aliphatic heterocycles. The standard InChI is InChI=1S/C2H2Cl2O8S2/c3-13(5,6)11-9-1-2-10-12-14(4,7)8/h1-2H/b2-1+. The van der Waals surface area contributed by atoms with Crippen molar-refractivity contribution in [2.45, 2.75) is 0 Å². The van der Waals surface area contributed by atoms with Crippen molar-refractivity contribution in [3.8, 4) is 0 Å². The molecule has 12 heteroatoms. The predicted molar refractivity (Wildman–Crippen MR) is 43.0 cm³/mol. The third kappa shape index (κ3) is 11.7. The fraction of sp³-hybridized carbons (Fsp3) is 0. The first kappa shape index (κ1) is 13.7. The first-order chi connectivity index (χ1) is 6.21. The van der Waals surface area contributed by atoms with E-state index in [0.29, 0.717) is 12.5 Å². The molecule has 0 saturated carbocycles. The van der Waals surface area contributed by atoms with E-state index in [0.717, 1.165) is 0 Å². The lowest BCUT2D eigenvalue weighted by atomic mass is 11.1. The Morgan fingerprint density at radius 1 is 0.786 bits per heavy atom. The maximum atomic E-state index is 10.0. The zero-order valence-electron chi connectivity index (χ0n) is 5.99. The third-order valence-electron chi connectivity index (χ3n) is 0.408. The summed E-state index contributed by atoms with van der Waals surface area (Å²) in [6.07, 6.45) is 0.976. The van der Waals surface area contributed by atoms with Crippen LogP contribution < -0.4 is 0 Å². The second kappa shape index (κ2) is 5.58. The zero-order valence-corrected chi connectivity index (χ0v) is 9.14. The van der Waals surface area contributed by atoms with E-state index in [9.17, 15) is 16.8 Å². The molecule has 0 unspecified atom stereocenters. The molecule has 84 valence electrons. The van der Waals surface area contributed by atoms with Gasteiger partial charge in [0, 0.05) is 0 Å². The van der Waals surface area contributed by atoms with Gasteiger partial charge in [-0.2, -0.15) is 16.8 Å². The molecule has 0 aromatic carbocycles. The first-order valence-corrected chi connectivity index (χ1v) is 6.92. The molecule has 0 bridgehead atoms. The third-order valence-corrected chi connectivity index (χ3v) is 1.20. The smallest absolute Gasteiger partial charge is 0.325 e. The van der Waals surface area contributed by atoms with Gasteiger partial charge in [0.05, 0.1) is 21.4 Å². The topological polar surface area (TPSA) is 105 Å². The van der Waals surface area contributed by atoms with Crippen molar-refractivity contribution in [1.29, 1.82) is 0 Å². The number of halogens is 2. The van der Waals surface area contributed by atoms with E-state index in [-0.39, 0.29) is 0 Å². The Balaban J connectivity index is 3.67. The van der Waals surface area contributed by atoms with Crippen LogP contribution in [0.5, 0.6) is 0 Å². The van der Waals surface area contributed by atoms with Crippen LogP contribution in [-0.2, 0) is 37.1 Å². The highest BCUT2D eigenvalue weighted by Gasteiger charge is 2.05. The molecule has 8 nitrogen and oxygen atoms in total. The molecular weight excluding hydrogens is 287 g/mol. The highest BCUT2D eigenvalue weighted by atomic mass is 35.7. The van der Waals surface area contributed by atoms with E-state index in [4.69, 9.17) is 0 Å². The highest BCUT2D eigenvalue weighted by molar-refractivity contribution is 8.10. The maximum absolute atomic E-state index is 10.0. The lowest BCUT2D eigenvalue weighted by Gasteiger charge is -1.94. The zero-order chi connectivity index (χ0) is 11.2. The lowest BCUT2D eigenvalue weighted by molar-refractivity contribution is -0.166. The fourth-order valence-electron chi connectivity index (χ4n) is 0.185. The van der Waals surface area contributed by atoms with Crippen LogP contribution in [0, 0.1) is 0 Å². The minimum absolute atomic E-state index is 0.488. The van der Waals surface area contributed by atoms with Crippen molar-refractivity contribution in [2.24, 2.45) is 0 Å². The molecule has 0 N–H and O–H groups in total. The summed E-state index contributed by atoms with van der Waals surface area (Å²) in [6, 6.07) is 0. The monoisotopic (exact) mass is 288 g/mol. The van der Waals surface area contributed by atoms with Gasteiger partial charge in [0.1, 0.15) is 0 Å². The Morgan fingerprint density at radius 2 is 1.07 bits per heavy atom. The van der Waals surface area contributed by atoms with Crippen LogP contribution in [0.1, 0.15) is 0 Å². The van der Waals surface area contributed by atoms with Gasteiger partial charge in [-0.3, -0.25) is 0 Å². The van der Waals surface area contributed by atoms with Crippen molar-refractivity contribution in [1.82, 2.24) is 0 Å². The van der Waals surface area contributed by atoms with E-state index in [2.05, 4.69) is 39.8 Å². The minimum atomic E-state index is -4.28. The molecule has 0 amide bonds. The molecule has 0 aromatic heterocycles. The van der Waals surface area contributed by atoms with E-state index >= 15 is 0 Å². The van der Waals surface area contributed by atoms with Gasteiger partial charge in [0.15, 0.2) is 12.5 Å². The maximum Gasteiger partial charge on any atom is 0.390 e. The molecule has 0 spiro atoms. The first-order valence-electron chi connectivity index (χ1n) is 2.45. The van der Waals surface area contributed by atoms with Crippen molar-refractivity contribution in [3.05, 3.63) is 12.5 Å². The Morgan fingerprint density at radius 3 is 1.29 bits per heavy atom. The van der Waals surface area contributed by atoms with Crippen LogP contribution in [0.25, 0.3) is 0 Å². The molecule has 0 saturated heterocycles. The van der Waals surface area contributed by atoms with Gasteiger partial charge in [0.25, 0.3) is 0 Å². The number of hydrogen-bond acceptors (Lipinski definition) is 8. The average molecular weight is 289 g/mol. The van der Waals surface area contributed by atoms with Gasteiger partial charge in [-0.25, -0.2) is 0 Å². The normalized spacial score (nSPS) is 13.0. The van der Waals surface area contributed by atoms with Crippen LogP contribution >= 0.6 is 21.4 Å². The van der Waals surface area contributed by atoms with Crippen LogP contribution in [0.15, 0.2) is 12.5 Å².